The van der Waals surface area contributed by atoms with Gasteiger partial charge in [-0.3, -0.25) is 4.79 Å². The molecule has 96 valence electrons. The van der Waals surface area contributed by atoms with E-state index in [1.807, 2.05) is 19.9 Å². The number of benzene rings is 1. The van der Waals surface area contributed by atoms with E-state index in [0.29, 0.717) is 5.75 Å². The third kappa shape index (κ3) is 4.05. The molecule has 1 aromatic rings. The lowest BCUT2D eigenvalue weighted by Crippen LogP contribution is -2.19. The second-order valence-electron chi connectivity index (χ2n) is 4.23. The summed E-state index contributed by atoms with van der Waals surface area (Å²) in [5.41, 5.74) is 2.18. The predicted molar refractivity (Wildman–Crippen MR) is 69.4 cm³/mol. The first kappa shape index (κ1) is 14.0. The van der Waals surface area contributed by atoms with E-state index >= 15 is 0 Å². The zero-order valence-corrected chi connectivity index (χ0v) is 11.1. The van der Waals surface area contributed by atoms with Gasteiger partial charge in [0.05, 0.1) is 0 Å². The van der Waals surface area contributed by atoms with Gasteiger partial charge in [0.25, 0.3) is 0 Å². The minimum atomic E-state index is -0.562. The van der Waals surface area contributed by atoms with E-state index in [2.05, 4.69) is 0 Å². The number of likely N-dealkylation sites (N-methyl/N-ethyl adjacent to an activating group) is 1. The number of esters is 1. The second kappa shape index (κ2) is 6.00. The first-order chi connectivity index (χ1) is 8.40. The molecular formula is C14H17NO3. The average molecular weight is 247 g/mol. The maximum atomic E-state index is 11.5. The van der Waals surface area contributed by atoms with Crippen molar-refractivity contribution in [3.8, 4) is 5.75 Å². The Hall–Kier alpha value is -2.10. The van der Waals surface area contributed by atoms with Gasteiger partial charge in [-0.25, -0.2) is 4.79 Å². The van der Waals surface area contributed by atoms with Gasteiger partial charge < -0.3 is 9.64 Å². The van der Waals surface area contributed by atoms with E-state index in [-0.39, 0.29) is 5.91 Å². The van der Waals surface area contributed by atoms with Crippen LogP contribution in [0.1, 0.15) is 11.1 Å². The van der Waals surface area contributed by atoms with Gasteiger partial charge in [0.15, 0.2) is 0 Å². The van der Waals surface area contributed by atoms with Gasteiger partial charge in [0, 0.05) is 26.2 Å². The quantitative estimate of drug-likeness (QED) is 0.465. The van der Waals surface area contributed by atoms with Crippen LogP contribution in [0, 0.1) is 13.8 Å². The highest BCUT2D eigenvalue weighted by molar-refractivity contribution is 5.94. The standard InChI is InChI=1S/C14H17NO3/c1-10-5-6-12(9-11(10)2)18-14(17)8-7-13(16)15(3)4/h5-9H,1-4H3/b8-7+. The summed E-state index contributed by atoms with van der Waals surface area (Å²) in [5.74, 6) is -0.342. The Labute approximate surface area is 107 Å². The average Bonchev–Trinajstić information content (AvgIpc) is 2.30. The largest absolute Gasteiger partial charge is 0.423 e. The fourth-order valence-corrected chi connectivity index (χ4v) is 1.22. The topological polar surface area (TPSA) is 46.6 Å². The molecule has 0 aliphatic heterocycles. The summed E-state index contributed by atoms with van der Waals surface area (Å²) >= 11 is 0. The van der Waals surface area contributed by atoms with Crippen molar-refractivity contribution < 1.29 is 14.3 Å². The minimum absolute atomic E-state index is 0.257. The third-order valence-corrected chi connectivity index (χ3v) is 2.50. The zero-order valence-electron chi connectivity index (χ0n) is 11.1. The maximum absolute atomic E-state index is 11.5. The maximum Gasteiger partial charge on any atom is 0.336 e. The van der Waals surface area contributed by atoms with Crippen LogP contribution in [0.5, 0.6) is 5.75 Å². The van der Waals surface area contributed by atoms with E-state index in [1.165, 1.54) is 11.0 Å². The molecule has 0 heterocycles. The van der Waals surface area contributed by atoms with Gasteiger partial charge >= 0.3 is 5.97 Å². The number of nitrogens with zero attached hydrogens (tertiary/aromatic N) is 1. The van der Waals surface area contributed by atoms with Crippen molar-refractivity contribution in [2.24, 2.45) is 0 Å². The summed E-state index contributed by atoms with van der Waals surface area (Å²) in [6.07, 6.45) is 2.31. The molecule has 1 aromatic carbocycles. The van der Waals surface area contributed by atoms with Crippen LogP contribution < -0.4 is 4.74 Å². The number of ether oxygens (including phenoxy) is 1. The van der Waals surface area contributed by atoms with E-state index < -0.39 is 5.97 Å². The molecule has 18 heavy (non-hydrogen) atoms. The van der Waals surface area contributed by atoms with Crippen molar-refractivity contribution >= 4 is 11.9 Å². The van der Waals surface area contributed by atoms with Crippen LogP contribution in [0.25, 0.3) is 0 Å². The number of carbonyl (C=O) groups excluding carboxylic acids is 2. The van der Waals surface area contributed by atoms with Crippen molar-refractivity contribution in [1.82, 2.24) is 4.90 Å². The molecule has 0 atom stereocenters. The SMILES string of the molecule is Cc1ccc(OC(=O)/C=C/C(=O)N(C)C)cc1C. The fourth-order valence-electron chi connectivity index (χ4n) is 1.22. The lowest BCUT2D eigenvalue weighted by atomic mass is 10.1. The number of hydrogen-bond donors (Lipinski definition) is 0. The molecule has 0 fully saturated rings. The molecule has 0 saturated heterocycles. The molecule has 0 aliphatic carbocycles. The van der Waals surface area contributed by atoms with Gasteiger partial charge in [-0.1, -0.05) is 6.07 Å². The highest BCUT2D eigenvalue weighted by Crippen LogP contribution is 2.16. The Bertz CT molecular complexity index is 490. The molecule has 1 rings (SSSR count). The number of aryl methyl sites for hydroxylation is 2. The van der Waals surface area contributed by atoms with Crippen molar-refractivity contribution in [3.05, 3.63) is 41.5 Å². The summed E-state index contributed by atoms with van der Waals surface area (Å²) in [6, 6.07) is 5.39. The summed E-state index contributed by atoms with van der Waals surface area (Å²) in [6.45, 7) is 3.93. The molecule has 0 radical (unpaired) electrons. The van der Waals surface area contributed by atoms with Gasteiger partial charge in [0.1, 0.15) is 5.75 Å². The predicted octanol–water partition coefficient (Wildman–Crippen LogP) is 1.85. The summed E-state index contributed by atoms with van der Waals surface area (Å²) in [4.78, 5) is 24.1. The number of carbonyl (C=O) groups is 2. The Morgan fingerprint density at radius 3 is 2.33 bits per heavy atom. The zero-order chi connectivity index (χ0) is 13.7. The van der Waals surface area contributed by atoms with Crippen molar-refractivity contribution in [2.75, 3.05) is 14.1 Å². The highest BCUT2D eigenvalue weighted by atomic mass is 16.5. The number of amides is 1. The summed E-state index contributed by atoms with van der Waals surface area (Å²) in [5, 5.41) is 0. The van der Waals surface area contributed by atoms with Crippen LogP contribution in [0.3, 0.4) is 0 Å². The first-order valence-corrected chi connectivity index (χ1v) is 5.58. The lowest BCUT2D eigenvalue weighted by Gasteiger charge is -2.06. The molecule has 0 aliphatic rings. The van der Waals surface area contributed by atoms with Crippen LogP contribution in [-0.2, 0) is 9.59 Å². The molecule has 0 unspecified atom stereocenters. The van der Waals surface area contributed by atoms with Crippen molar-refractivity contribution in [3.63, 3.8) is 0 Å². The molecule has 4 nitrogen and oxygen atoms in total. The Kier molecular flexibility index (Phi) is 4.66. The third-order valence-electron chi connectivity index (χ3n) is 2.50. The smallest absolute Gasteiger partial charge is 0.336 e. The van der Waals surface area contributed by atoms with E-state index in [4.69, 9.17) is 4.74 Å². The Morgan fingerprint density at radius 2 is 1.78 bits per heavy atom. The number of hydrogen-bond acceptors (Lipinski definition) is 3. The van der Waals surface area contributed by atoms with Gasteiger partial charge in [-0.15, -0.1) is 0 Å². The van der Waals surface area contributed by atoms with Crippen LogP contribution in [0.15, 0.2) is 30.4 Å². The molecule has 1 amide bonds. The van der Waals surface area contributed by atoms with E-state index in [1.54, 1.807) is 26.2 Å². The fraction of sp³-hybridized carbons (Fsp3) is 0.286. The van der Waals surface area contributed by atoms with Crippen LogP contribution in [-0.4, -0.2) is 30.9 Å². The molecule has 0 aromatic heterocycles. The van der Waals surface area contributed by atoms with Gasteiger partial charge in [-0.2, -0.15) is 0 Å². The Balaban J connectivity index is 2.65. The monoisotopic (exact) mass is 247 g/mol. The molecule has 0 N–H and O–H groups in total. The van der Waals surface area contributed by atoms with Crippen LogP contribution >= 0.6 is 0 Å². The molecular weight excluding hydrogens is 230 g/mol. The number of rotatable bonds is 3. The van der Waals surface area contributed by atoms with Gasteiger partial charge in [0.2, 0.25) is 5.91 Å². The van der Waals surface area contributed by atoms with E-state index in [0.717, 1.165) is 17.2 Å². The minimum Gasteiger partial charge on any atom is -0.423 e. The first-order valence-electron chi connectivity index (χ1n) is 5.58. The molecule has 4 heteroatoms. The second-order valence-corrected chi connectivity index (χ2v) is 4.23. The summed E-state index contributed by atoms with van der Waals surface area (Å²) < 4.78 is 5.08. The molecule has 0 spiro atoms. The molecule has 0 bridgehead atoms. The summed E-state index contributed by atoms with van der Waals surface area (Å²) in [7, 11) is 3.22. The van der Waals surface area contributed by atoms with Crippen molar-refractivity contribution in [1.29, 1.82) is 0 Å². The van der Waals surface area contributed by atoms with Crippen molar-refractivity contribution in [2.45, 2.75) is 13.8 Å². The molecule has 0 saturated carbocycles. The Morgan fingerprint density at radius 1 is 1.11 bits per heavy atom. The van der Waals surface area contributed by atoms with Crippen LogP contribution in [0.4, 0.5) is 0 Å². The van der Waals surface area contributed by atoms with Gasteiger partial charge in [-0.05, 0) is 37.1 Å². The van der Waals surface area contributed by atoms with Crippen LogP contribution in [0.2, 0.25) is 0 Å². The normalized spacial score (nSPS) is 10.4. The highest BCUT2D eigenvalue weighted by Gasteiger charge is 2.04. The lowest BCUT2D eigenvalue weighted by molar-refractivity contribution is -0.129. The van der Waals surface area contributed by atoms with E-state index in [9.17, 15) is 9.59 Å².